The van der Waals surface area contributed by atoms with Crippen LogP contribution >= 0.6 is 27.7 Å². The van der Waals surface area contributed by atoms with Gasteiger partial charge < -0.3 is 4.74 Å². The Hall–Kier alpha value is 0.300. The Bertz CT molecular complexity index is 183. The van der Waals surface area contributed by atoms with Crippen molar-refractivity contribution in [1.82, 2.24) is 0 Å². The molecule has 0 aliphatic carbocycles. The molecule has 0 saturated carbocycles. The summed E-state index contributed by atoms with van der Waals surface area (Å²) >= 11 is 5.26. The van der Waals surface area contributed by atoms with Gasteiger partial charge in [-0.1, -0.05) is 15.9 Å². The number of ether oxygens (including phenoxy) is 1. The van der Waals surface area contributed by atoms with Crippen LogP contribution in [0.4, 0.5) is 0 Å². The van der Waals surface area contributed by atoms with Crippen molar-refractivity contribution in [3.8, 4) is 0 Å². The quantitative estimate of drug-likeness (QED) is 0.580. The van der Waals surface area contributed by atoms with E-state index < -0.39 is 0 Å². The van der Waals surface area contributed by atoms with Gasteiger partial charge in [-0.25, -0.2) is 0 Å². The summed E-state index contributed by atoms with van der Waals surface area (Å²) < 4.78 is 5.09. The molecule has 1 fully saturated rings. The summed E-state index contributed by atoms with van der Waals surface area (Å²) in [6.07, 6.45) is 0.978. The molecule has 0 radical (unpaired) electrons. The molecule has 2 nitrogen and oxygen atoms in total. The third-order valence-corrected chi connectivity index (χ3v) is 3.21. The van der Waals surface area contributed by atoms with E-state index >= 15 is 0 Å². The molecule has 1 aliphatic heterocycles. The van der Waals surface area contributed by atoms with Crippen molar-refractivity contribution in [2.75, 3.05) is 18.1 Å². The van der Waals surface area contributed by atoms with E-state index in [-0.39, 0.29) is 16.2 Å². The molecule has 0 aromatic rings. The number of carbonyl (C=O) groups excluding carboxylic acids is 1. The van der Waals surface area contributed by atoms with Gasteiger partial charge in [-0.2, -0.15) is 11.8 Å². The molecule has 1 heterocycles. The second-order valence-electron chi connectivity index (χ2n) is 3.89. The molecule has 0 aromatic heterocycles. The van der Waals surface area contributed by atoms with E-state index in [1.54, 1.807) is 0 Å². The highest BCUT2D eigenvalue weighted by Crippen LogP contribution is 2.25. The van der Waals surface area contributed by atoms with E-state index in [1.807, 2.05) is 25.6 Å². The minimum atomic E-state index is -0.103. The Kier molecular flexibility index (Phi) is 4.10. The average molecular weight is 267 g/mol. The largest absolute Gasteiger partial charge is 0.464 e. The molecule has 0 bridgehead atoms. The Labute approximate surface area is 91.9 Å². The molecule has 0 aromatic carbocycles. The number of thioether (sulfide) groups is 1. The summed E-state index contributed by atoms with van der Waals surface area (Å²) in [6, 6.07) is 0. The second kappa shape index (κ2) is 4.69. The van der Waals surface area contributed by atoms with Crippen LogP contribution in [0.5, 0.6) is 0 Å². The zero-order valence-electron chi connectivity index (χ0n) is 8.01. The van der Waals surface area contributed by atoms with Gasteiger partial charge in [0.2, 0.25) is 0 Å². The number of hydrogen-bond acceptors (Lipinski definition) is 3. The molecule has 13 heavy (non-hydrogen) atoms. The first-order valence-electron chi connectivity index (χ1n) is 4.42. The van der Waals surface area contributed by atoms with Crippen LogP contribution in [-0.4, -0.2) is 28.4 Å². The molecule has 1 rings (SSSR count). The lowest BCUT2D eigenvalue weighted by Crippen LogP contribution is -2.25. The Morgan fingerprint density at radius 3 is 2.85 bits per heavy atom. The van der Waals surface area contributed by atoms with E-state index in [2.05, 4.69) is 15.9 Å². The maximum atomic E-state index is 11.4. The van der Waals surface area contributed by atoms with Crippen LogP contribution < -0.4 is 0 Å². The number of carbonyl (C=O) groups is 1. The summed E-state index contributed by atoms with van der Waals surface area (Å²) in [5.74, 6) is 2.14. The number of hydrogen-bond donors (Lipinski definition) is 0. The number of rotatable bonds is 3. The summed E-state index contributed by atoms with van der Waals surface area (Å²) in [6.45, 7) is 4.43. The van der Waals surface area contributed by atoms with Crippen LogP contribution in [0, 0.1) is 5.92 Å². The average Bonchev–Trinajstić information content (AvgIpc) is 2.50. The summed E-state index contributed by atoms with van der Waals surface area (Å²) in [5, 5.41) is 0. The van der Waals surface area contributed by atoms with Crippen molar-refractivity contribution in [2.45, 2.75) is 24.6 Å². The Morgan fingerprint density at radius 2 is 2.38 bits per heavy atom. The fraction of sp³-hybridized carbons (Fsp3) is 0.889. The van der Waals surface area contributed by atoms with Gasteiger partial charge >= 0.3 is 5.97 Å². The highest BCUT2D eigenvalue weighted by molar-refractivity contribution is 9.10. The Morgan fingerprint density at radius 1 is 1.69 bits per heavy atom. The predicted molar refractivity (Wildman–Crippen MR) is 59.4 cm³/mol. The normalized spacial score (nSPS) is 23.2. The molecule has 0 spiro atoms. The van der Waals surface area contributed by atoms with Crippen molar-refractivity contribution in [2.24, 2.45) is 5.92 Å². The van der Waals surface area contributed by atoms with Crippen molar-refractivity contribution >= 4 is 33.7 Å². The summed E-state index contributed by atoms with van der Waals surface area (Å²) in [7, 11) is 0. The van der Waals surface area contributed by atoms with Crippen LogP contribution in [0.1, 0.15) is 20.3 Å². The predicted octanol–water partition coefficient (Wildman–Crippen LogP) is 2.46. The molecular formula is C9H15BrO2S. The lowest BCUT2D eigenvalue weighted by Gasteiger charge is -2.17. The van der Waals surface area contributed by atoms with Gasteiger partial charge in [-0.3, -0.25) is 4.79 Å². The molecule has 0 N–H and O–H groups in total. The van der Waals surface area contributed by atoms with E-state index in [1.165, 1.54) is 0 Å². The molecule has 0 amide bonds. The monoisotopic (exact) mass is 266 g/mol. The second-order valence-corrected chi connectivity index (χ2v) is 7.18. The Balaban J connectivity index is 2.25. The topological polar surface area (TPSA) is 26.3 Å². The molecule has 76 valence electrons. The number of esters is 1. The zero-order valence-corrected chi connectivity index (χ0v) is 10.4. The minimum absolute atomic E-state index is 0.0301. The molecule has 1 unspecified atom stereocenters. The zero-order chi connectivity index (χ0) is 9.90. The third-order valence-electron chi connectivity index (χ3n) is 1.82. The van der Waals surface area contributed by atoms with Crippen molar-refractivity contribution in [1.29, 1.82) is 0 Å². The first-order chi connectivity index (χ1) is 5.99. The third kappa shape index (κ3) is 4.36. The lowest BCUT2D eigenvalue weighted by atomic mass is 10.1. The minimum Gasteiger partial charge on any atom is -0.464 e. The van der Waals surface area contributed by atoms with Gasteiger partial charge in [0.1, 0.15) is 6.61 Å². The van der Waals surface area contributed by atoms with Crippen molar-refractivity contribution in [3.63, 3.8) is 0 Å². The highest BCUT2D eigenvalue weighted by atomic mass is 79.9. The maximum Gasteiger partial charge on any atom is 0.309 e. The van der Waals surface area contributed by atoms with Crippen LogP contribution in [0.2, 0.25) is 0 Å². The van der Waals surface area contributed by atoms with Gasteiger partial charge in [0.05, 0.1) is 10.2 Å². The number of alkyl halides is 1. The fourth-order valence-corrected chi connectivity index (χ4v) is 2.40. The van der Waals surface area contributed by atoms with Gasteiger partial charge in [0.25, 0.3) is 0 Å². The molecule has 1 atom stereocenters. The van der Waals surface area contributed by atoms with E-state index in [4.69, 9.17) is 4.74 Å². The van der Waals surface area contributed by atoms with Gasteiger partial charge in [0.15, 0.2) is 0 Å². The van der Waals surface area contributed by atoms with Crippen molar-refractivity contribution in [3.05, 3.63) is 0 Å². The van der Waals surface area contributed by atoms with Gasteiger partial charge in [0, 0.05) is 5.75 Å². The van der Waals surface area contributed by atoms with Crippen LogP contribution in [-0.2, 0) is 9.53 Å². The summed E-state index contributed by atoms with van der Waals surface area (Å²) in [4.78, 5) is 11.4. The van der Waals surface area contributed by atoms with Gasteiger partial charge in [-0.15, -0.1) is 0 Å². The summed E-state index contributed by atoms with van der Waals surface area (Å²) in [5.41, 5.74) is 0. The van der Waals surface area contributed by atoms with Crippen LogP contribution in [0.3, 0.4) is 0 Å². The van der Waals surface area contributed by atoms with E-state index in [0.29, 0.717) is 6.61 Å². The standard InChI is InChI=1S/C9H15BrO2S/c1-9(2,10)6-12-8(11)7-3-4-13-5-7/h7H,3-6H2,1-2H3. The fourth-order valence-electron chi connectivity index (χ4n) is 1.08. The van der Waals surface area contributed by atoms with E-state index in [9.17, 15) is 4.79 Å². The van der Waals surface area contributed by atoms with Crippen molar-refractivity contribution < 1.29 is 9.53 Å². The van der Waals surface area contributed by atoms with E-state index in [0.717, 1.165) is 17.9 Å². The smallest absolute Gasteiger partial charge is 0.309 e. The number of halogens is 1. The SMILES string of the molecule is CC(C)(Br)COC(=O)C1CCSC1. The molecule has 4 heteroatoms. The molecule has 1 saturated heterocycles. The molecular weight excluding hydrogens is 252 g/mol. The van der Waals surface area contributed by atoms with Gasteiger partial charge in [-0.05, 0) is 26.0 Å². The van der Waals surface area contributed by atoms with Crippen LogP contribution in [0.25, 0.3) is 0 Å². The first kappa shape index (κ1) is 11.4. The molecule has 1 aliphatic rings. The first-order valence-corrected chi connectivity index (χ1v) is 6.37. The lowest BCUT2D eigenvalue weighted by molar-refractivity contribution is -0.148. The highest BCUT2D eigenvalue weighted by Gasteiger charge is 2.26. The maximum absolute atomic E-state index is 11.4. The van der Waals surface area contributed by atoms with Crippen LogP contribution in [0.15, 0.2) is 0 Å².